The van der Waals surface area contributed by atoms with Crippen molar-refractivity contribution in [2.24, 2.45) is 11.1 Å². The molecule has 27 heavy (non-hydrogen) atoms. The topological polar surface area (TPSA) is 92.5 Å². The standard InChI is InChI=1S/C20H31N3O3S/c21-16-20(10-3-1-4-11-20)15-19(24)22-17-8-7-9-18(14-17)27(25,26)23-12-5-2-6-13-23/h7-9,14H,1-6,10-13,15-16,21H2,(H,22,24). The van der Waals surface area contributed by atoms with Crippen molar-refractivity contribution in [3.05, 3.63) is 24.3 Å². The molecule has 150 valence electrons. The summed E-state index contributed by atoms with van der Waals surface area (Å²) in [6, 6.07) is 6.59. The molecule has 7 heteroatoms. The molecule has 6 nitrogen and oxygen atoms in total. The van der Waals surface area contributed by atoms with E-state index in [1.165, 1.54) is 6.42 Å². The lowest BCUT2D eigenvalue weighted by Gasteiger charge is -2.35. The van der Waals surface area contributed by atoms with Crippen LogP contribution in [0.1, 0.15) is 57.8 Å². The van der Waals surface area contributed by atoms with Gasteiger partial charge in [-0.2, -0.15) is 4.31 Å². The lowest BCUT2D eigenvalue weighted by atomic mass is 9.71. The molecule has 2 aliphatic rings. The summed E-state index contributed by atoms with van der Waals surface area (Å²) in [6.45, 7) is 1.65. The molecule has 0 atom stereocenters. The second kappa shape index (κ2) is 8.71. The van der Waals surface area contributed by atoms with Gasteiger partial charge < -0.3 is 11.1 Å². The number of nitrogens with zero attached hydrogens (tertiary/aromatic N) is 1. The second-order valence-electron chi connectivity index (χ2n) is 7.98. The van der Waals surface area contributed by atoms with Gasteiger partial charge in [0.2, 0.25) is 15.9 Å². The minimum Gasteiger partial charge on any atom is -0.330 e. The first-order valence-corrected chi connectivity index (χ1v) is 11.5. The average Bonchev–Trinajstić information content (AvgIpc) is 2.69. The zero-order chi connectivity index (χ0) is 19.3. The molecule has 0 unspecified atom stereocenters. The van der Waals surface area contributed by atoms with Gasteiger partial charge in [0, 0.05) is 25.2 Å². The van der Waals surface area contributed by atoms with E-state index < -0.39 is 10.0 Å². The van der Waals surface area contributed by atoms with Gasteiger partial charge in [0.25, 0.3) is 0 Å². The van der Waals surface area contributed by atoms with Gasteiger partial charge in [-0.05, 0) is 55.8 Å². The van der Waals surface area contributed by atoms with Crippen molar-refractivity contribution in [2.75, 3.05) is 25.0 Å². The van der Waals surface area contributed by atoms with Gasteiger partial charge in [0.05, 0.1) is 4.90 Å². The monoisotopic (exact) mass is 393 g/mol. The van der Waals surface area contributed by atoms with Gasteiger partial charge in [-0.1, -0.05) is 31.7 Å². The van der Waals surface area contributed by atoms with Gasteiger partial charge in [0.15, 0.2) is 0 Å². The molecular formula is C20H31N3O3S. The summed E-state index contributed by atoms with van der Waals surface area (Å²) in [6.07, 6.45) is 8.69. The van der Waals surface area contributed by atoms with Crippen LogP contribution in [-0.4, -0.2) is 38.3 Å². The third-order valence-corrected chi connectivity index (χ3v) is 7.85. The number of anilines is 1. The molecule has 2 fully saturated rings. The summed E-state index contributed by atoms with van der Waals surface area (Å²) in [7, 11) is -3.50. The largest absolute Gasteiger partial charge is 0.330 e. The Kier molecular flexibility index (Phi) is 6.55. The lowest BCUT2D eigenvalue weighted by Crippen LogP contribution is -2.36. The van der Waals surface area contributed by atoms with E-state index in [1.807, 2.05) is 0 Å². The highest BCUT2D eigenvalue weighted by Gasteiger charge is 2.33. The van der Waals surface area contributed by atoms with Crippen molar-refractivity contribution in [1.82, 2.24) is 4.31 Å². The van der Waals surface area contributed by atoms with Crippen LogP contribution in [0.5, 0.6) is 0 Å². The smallest absolute Gasteiger partial charge is 0.243 e. The van der Waals surface area contributed by atoms with E-state index in [4.69, 9.17) is 5.73 Å². The van der Waals surface area contributed by atoms with Gasteiger partial charge in [0.1, 0.15) is 0 Å². The van der Waals surface area contributed by atoms with E-state index in [0.29, 0.717) is 31.7 Å². The van der Waals surface area contributed by atoms with Gasteiger partial charge in [-0.25, -0.2) is 8.42 Å². The Morgan fingerprint density at radius 3 is 2.41 bits per heavy atom. The Hall–Kier alpha value is -1.44. The molecular weight excluding hydrogens is 362 g/mol. The number of carbonyl (C=O) groups is 1. The molecule has 1 aromatic carbocycles. The van der Waals surface area contributed by atoms with E-state index in [9.17, 15) is 13.2 Å². The summed E-state index contributed by atoms with van der Waals surface area (Å²) >= 11 is 0. The molecule has 0 spiro atoms. The highest BCUT2D eigenvalue weighted by molar-refractivity contribution is 7.89. The molecule has 0 radical (unpaired) electrons. The molecule has 1 aliphatic carbocycles. The molecule has 1 aromatic rings. The number of hydrogen-bond acceptors (Lipinski definition) is 4. The van der Waals surface area contributed by atoms with Crippen LogP contribution in [-0.2, 0) is 14.8 Å². The third-order valence-electron chi connectivity index (χ3n) is 5.95. The van der Waals surface area contributed by atoms with Crippen LogP contribution in [0.15, 0.2) is 29.2 Å². The van der Waals surface area contributed by atoms with Gasteiger partial charge in [-0.15, -0.1) is 0 Å². The minimum absolute atomic E-state index is 0.0881. The van der Waals surface area contributed by atoms with Crippen LogP contribution >= 0.6 is 0 Å². The van der Waals surface area contributed by atoms with Crippen molar-refractivity contribution >= 4 is 21.6 Å². The maximum atomic E-state index is 12.8. The predicted molar refractivity (Wildman–Crippen MR) is 107 cm³/mol. The molecule has 1 saturated carbocycles. The highest BCUT2D eigenvalue weighted by Crippen LogP contribution is 2.38. The van der Waals surface area contributed by atoms with Crippen LogP contribution in [0, 0.1) is 5.41 Å². The Morgan fingerprint density at radius 2 is 1.74 bits per heavy atom. The second-order valence-corrected chi connectivity index (χ2v) is 9.92. The lowest BCUT2D eigenvalue weighted by molar-refractivity contribution is -0.118. The first-order valence-electron chi connectivity index (χ1n) is 10.1. The summed E-state index contributed by atoms with van der Waals surface area (Å²) in [5.74, 6) is -0.0881. The average molecular weight is 394 g/mol. The summed E-state index contributed by atoms with van der Waals surface area (Å²) in [5.41, 5.74) is 6.40. The van der Waals surface area contributed by atoms with Crippen LogP contribution in [0.2, 0.25) is 0 Å². The number of sulfonamides is 1. The Bertz CT molecular complexity index is 751. The van der Waals surface area contributed by atoms with E-state index in [2.05, 4.69) is 5.32 Å². The number of nitrogens with two attached hydrogens (primary N) is 1. The number of rotatable bonds is 6. The zero-order valence-electron chi connectivity index (χ0n) is 16.0. The molecule has 1 amide bonds. The highest BCUT2D eigenvalue weighted by atomic mass is 32.2. The van der Waals surface area contributed by atoms with Gasteiger partial charge in [-0.3, -0.25) is 4.79 Å². The van der Waals surface area contributed by atoms with E-state index in [0.717, 1.165) is 44.9 Å². The van der Waals surface area contributed by atoms with Crippen LogP contribution in [0.25, 0.3) is 0 Å². The van der Waals surface area contributed by atoms with Crippen molar-refractivity contribution in [2.45, 2.75) is 62.7 Å². The number of carbonyl (C=O) groups excluding carboxylic acids is 1. The third kappa shape index (κ3) is 4.89. The fraction of sp³-hybridized carbons (Fsp3) is 0.650. The zero-order valence-corrected chi connectivity index (χ0v) is 16.8. The van der Waals surface area contributed by atoms with Crippen LogP contribution < -0.4 is 11.1 Å². The normalized spacial score (nSPS) is 20.9. The Morgan fingerprint density at radius 1 is 1.07 bits per heavy atom. The molecule has 1 saturated heterocycles. The van der Waals surface area contributed by atoms with Crippen LogP contribution in [0.3, 0.4) is 0 Å². The molecule has 1 aliphatic heterocycles. The van der Waals surface area contributed by atoms with Gasteiger partial charge >= 0.3 is 0 Å². The van der Waals surface area contributed by atoms with Crippen molar-refractivity contribution in [3.63, 3.8) is 0 Å². The number of amides is 1. The summed E-state index contributed by atoms with van der Waals surface area (Å²) in [5, 5.41) is 2.89. The predicted octanol–water partition coefficient (Wildman–Crippen LogP) is 3.10. The van der Waals surface area contributed by atoms with E-state index >= 15 is 0 Å². The maximum absolute atomic E-state index is 12.8. The molecule has 1 heterocycles. The number of nitrogens with one attached hydrogen (secondary N) is 1. The first-order chi connectivity index (χ1) is 13.0. The number of benzene rings is 1. The summed E-state index contributed by atoms with van der Waals surface area (Å²) < 4.78 is 27.2. The van der Waals surface area contributed by atoms with Crippen molar-refractivity contribution in [1.29, 1.82) is 0 Å². The fourth-order valence-electron chi connectivity index (χ4n) is 4.29. The van der Waals surface area contributed by atoms with Crippen molar-refractivity contribution in [3.8, 4) is 0 Å². The van der Waals surface area contributed by atoms with Crippen LogP contribution in [0.4, 0.5) is 5.69 Å². The first kappa shape index (κ1) is 20.3. The van der Waals surface area contributed by atoms with E-state index in [1.54, 1.807) is 28.6 Å². The summed E-state index contributed by atoms with van der Waals surface area (Å²) in [4.78, 5) is 12.8. The fourth-order valence-corrected chi connectivity index (χ4v) is 5.85. The minimum atomic E-state index is -3.50. The quantitative estimate of drug-likeness (QED) is 0.777. The SMILES string of the molecule is NCC1(CC(=O)Nc2cccc(S(=O)(=O)N3CCCCC3)c2)CCCCC1. The molecule has 0 bridgehead atoms. The Balaban J connectivity index is 1.69. The van der Waals surface area contributed by atoms with E-state index in [-0.39, 0.29) is 16.2 Å². The van der Waals surface area contributed by atoms with Crippen molar-refractivity contribution < 1.29 is 13.2 Å². The molecule has 0 aromatic heterocycles. The molecule has 3 rings (SSSR count). The number of piperidine rings is 1. The number of hydrogen-bond donors (Lipinski definition) is 2. The molecule has 3 N–H and O–H groups in total. The Labute approximate surface area is 162 Å². The maximum Gasteiger partial charge on any atom is 0.243 e.